The van der Waals surface area contributed by atoms with Crippen molar-refractivity contribution in [2.45, 2.75) is 18.2 Å². The van der Waals surface area contributed by atoms with E-state index in [1.165, 1.54) is 11.8 Å². The number of amides is 1. The molecule has 2 aliphatic heterocycles. The van der Waals surface area contributed by atoms with Gasteiger partial charge in [0.25, 0.3) is 5.91 Å². The van der Waals surface area contributed by atoms with Crippen LogP contribution < -0.4 is 10.6 Å². The monoisotopic (exact) mass is 401 g/mol. The first-order valence-corrected chi connectivity index (χ1v) is 11.3. The van der Waals surface area contributed by atoms with Crippen molar-refractivity contribution in [2.75, 3.05) is 22.1 Å². The minimum Gasteiger partial charge on any atom is -0.335 e. The molecule has 2 aliphatic rings. The highest BCUT2D eigenvalue weighted by molar-refractivity contribution is 8.15. The van der Waals surface area contributed by atoms with E-state index in [1.54, 1.807) is 12.1 Å². The summed E-state index contributed by atoms with van der Waals surface area (Å²) < 4.78 is 23.4. The molecule has 140 valence electrons. The van der Waals surface area contributed by atoms with Crippen LogP contribution in [0.2, 0.25) is 0 Å². The molecule has 1 fully saturated rings. The lowest BCUT2D eigenvalue weighted by Gasteiger charge is -2.12. The summed E-state index contributed by atoms with van der Waals surface area (Å²) in [7, 11) is -2.97. The Morgan fingerprint density at radius 3 is 2.67 bits per heavy atom. The molecule has 0 saturated carbocycles. The van der Waals surface area contributed by atoms with Gasteiger partial charge in [0, 0.05) is 22.2 Å². The highest BCUT2D eigenvalue weighted by Crippen LogP contribution is 2.35. The molecule has 0 spiro atoms. The summed E-state index contributed by atoms with van der Waals surface area (Å²) in [4.78, 5) is 17.0. The van der Waals surface area contributed by atoms with Crippen LogP contribution in [0.4, 0.5) is 11.4 Å². The van der Waals surface area contributed by atoms with Crippen molar-refractivity contribution in [2.24, 2.45) is 4.99 Å². The molecule has 27 heavy (non-hydrogen) atoms. The summed E-state index contributed by atoms with van der Waals surface area (Å²) in [5.41, 5.74) is 3.06. The molecule has 1 saturated heterocycles. The summed E-state index contributed by atoms with van der Waals surface area (Å²) in [5.74, 6) is 0.109. The number of benzene rings is 2. The van der Waals surface area contributed by atoms with Gasteiger partial charge in [0.2, 0.25) is 0 Å². The number of nitrogens with zero attached hydrogens (tertiary/aromatic N) is 1. The highest BCUT2D eigenvalue weighted by Gasteiger charge is 2.42. The number of fused-ring (bicyclic) bond motifs is 1. The van der Waals surface area contributed by atoms with Crippen molar-refractivity contribution in [1.82, 2.24) is 0 Å². The largest absolute Gasteiger partial charge is 0.335 e. The van der Waals surface area contributed by atoms with Gasteiger partial charge in [-0.25, -0.2) is 8.42 Å². The average Bonchev–Trinajstić information content (AvgIpc) is 3.10. The molecule has 2 N–H and O–H groups in total. The molecule has 6 nitrogen and oxygen atoms in total. The molecule has 2 aromatic carbocycles. The molecular formula is C19H19N3O3S2. The minimum absolute atomic E-state index is 0.0117. The Morgan fingerprint density at radius 2 is 1.93 bits per heavy atom. The van der Waals surface area contributed by atoms with Gasteiger partial charge in [0.05, 0.1) is 17.5 Å². The fraction of sp³-hybridized carbons (Fsp3) is 0.263. The number of para-hydroxylation sites is 1. The molecular weight excluding hydrogens is 382 g/mol. The number of carbonyl (C=O) groups is 1. The average molecular weight is 402 g/mol. The zero-order chi connectivity index (χ0) is 19.0. The van der Waals surface area contributed by atoms with E-state index < -0.39 is 9.84 Å². The van der Waals surface area contributed by atoms with E-state index in [0.717, 1.165) is 16.9 Å². The number of aliphatic imine (C=N–C) groups is 1. The lowest BCUT2D eigenvalue weighted by molar-refractivity contribution is 0.102. The fourth-order valence-electron chi connectivity index (χ4n) is 3.15. The van der Waals surface area contributed by atoms with Crippen LogP contribution in [-0.4, -0.2) is 42.3 Å². The number of aryl methyl sites for hydroxylation is 1. The number of carbonyl (C=O) groups excluding carboxylic acids is 1. The third-order valence-corrected chi connectivity index (χ3v) is 7.73. The van der Waals surface area contributed by atoms with Gasteiger partial charge < -0.3 is 10.6 Å². The predicted molar refractivity (Wildman–Crippen MR) is 110 cm³/mol. The summed E-state index contributed by atoms with van der Waals surface area (Å²) in [5, 5.41) is 6.83. The Labute approximate surface area is 162 Å². The number of thioether (sulfide) groups is 1. The second kappa shape index (κ2) is 7.01. The molecule has 0 unspecified atom stereocenters. The van der Waals surface area contributed by atoms with Gasteiger partial charge in [0.15, 0.2) is 15.0 Å². The molecule has 2 aromatic rings. The fourth-order valence-corrected chi connectivity index (χ4v) is 6.82. The topological polar surface area (TPSA) is 87.6 Å². The van der Waals surface area contributed by atoms with Crippen LogP contribution in [0.15, 0.2) is 53.5 Å². The Bertz CT molecular complexity index is 1020. The van der Waals surface area contributed by atoms with E-state index in [0.29, 0.717) is 10.7 Å². The van der Waals surface area contributed by atoms with Gasteiger partial charge in [-0.05, 0) is 36.8 Å². The number of sulfone groups is 1. The third kappa shape index (κ3) is 4.01. The molecule has 2 atom stereocenters. The van der Waals surface area contributed by atoms with Crippen LogP contribution in [0.1, 0.15) is 15.9 Å². The van der Waals surface area contributed by atoms with E-state index >= 15 is 0 Å². The molecule has 8 heteroatoms. The second-order valence-electron chi connectivity index (χ2n) is 6.71. The van der Waals surface area contributed by atoms with Crippen molar-refractivity contribution in [1.29, 1.82) is 0 Å². The van der Waals surface area contributed by atoms with Gasteiger partial charge in [-0.3, -0.25) is 9.79 Å². The van der Waals surface area contributed by atoms with Gasteiger partial charge in [-0.1, -0.05) is 36.0 Å². The van der Waals surface area contributed by atoms with Gasteiger partial charge in [-0.2, -0.15) is 0 Å². The Kier molecular flexibility index (Phi) is 4.69. The van der Waals surface area contributed by atoms with Crippen molar-refractivity contribution >= 4 is 44.0 Å². The first-order valence-electron chi connectivity index (χ1n) is 8.58. The molecule has 1 amide bonds. The van der Waals surface area contributed by atoms with Gasteiger partial charge in [-0.15, -0.1) is 0 Å². The van der Waals surface area contributed by atoms with Crippen LogP contribution in [0.25, 0.3) is 0 Å². The predicted octanol–water partition coefficient (Wildman–Crippen LogP) is 2.93. The van der Waals surface area contributed by atoms with E-state index in [9.17, 15) is 13.2 Å². The van der Waals surface area contributed by atoms with Crippen molar-refractivity contribution in [3.63, 3.8) is 0 Å². The van der Waals surface area contributed by atoms with Crippen LogP contribution in [0.3, 0.4) is 0 Å². The van der Waals surface area contributed by atoms with Gasteiger partial charge >= 0.3 is 0 Å². The van der Waals surface area contributed by atoms with Crippen LogP contribution in [-0.2, 0) is 9.84 Å². The molecule has 0 bridgehead atoms. The number of hydrogen-bond donors (Lipinski definition) is 2. The second-order valence-corrected chi connectivity index (χ2v) is 10.1. The normalized spacial score (nSPS) is 22.8. The van der Waals surface area contributed by atoms with Gasteiger partial charge in [0.1, 0.15) is 0 Å². The van der Waals surface area contributed by atoms with E-state index in [1.807, 2.05) is 43.3 Å². The van der Waals surface area contributed by atoms with Crippen LogP contribution >= 0.6 is 11.8 Å². The van der Waals surface area contributed by atoms with Crippen LogP contribution in [0, 0.1) is 6.92 Å². The lowest BCUT2D eigenvalue weighted by Crippen LogP contribution is -2.14. The standard InChI is InChI=1S/C19H19N3O3S2/c1-12-7-8-13(18(23)20-14-5-3-2-4-6-14)9-15(12)21-19-22-16-10-27(24,25)11-17(16)26-19/h2-9,16-17H,10-11H2,1H3,(H,20,23)(H,21,22)/t16-,17-/m0/s1. The quantitative estimate of drug-likeness (QED) is 0.826. The lowest BCUT2D eigenvalue weighted by atomic mass is 10.1. The SMILES string of the molecule is Cc1ccc(C(=O)Nc2ccccc2)cc1NC1=N[C@H]2CS(=O)(=O)C[C@@H]2S1. The maximum absolute atomic E-state index is 12.5. The summed E-state index contributed by atoms with van der Waals surface area (Å²) in [6.45, 7) is 1.95. The number of nitrogens with one attached hydrogen (secondary N) is 2. The number of amidine groups is 1. The van der Waals surface area contributed by atoms with E-state index in [-0.39, 0.29) is 28.7 Å². The first kappa shape index (κ1) is 18.1. The molecule has 4 rings (SSSR count). The summed E-state index contributed by atoms with van der Waals surface area (Å²) in [6, 6.07) is 14.6. The Morgan fingerprint density at radius 1 is 1.15 bits per heavy atom. The molecule has 0 radical (unpaired) electrons. The Hall–Kier alpha value is -2.32. The van der Waals surface area contributed by atoms with E-state index in [2.05, 4.69) is 15.6 Å². The maximum atomic E-state index is 12.5. The van der Waals surface area contributed by atoms with Crippen molar-refractivity contribution in [3.05, 3.63) is 59.7 Å². The Balaban J connectivity index is 1.49. The highest BCUT2D eigenvalue weighted by atomic mass is 32.2. The zero-order valence-electron chi connectivity index (χ0n) is 14.7. The number of rotatable bonds is 3. The number of hydrogen-bond acceptors (Lipinski definition) is 6. The minimum atomic E-state index is -2.97. The van der Waals surface area contributed by atoms with Crippen molar-refractivity contribution < 1.29 is 13.2 Å². The third-order valence-electron chi connectivity index (χ3n) is 4.59. The van der Waals surface area contributed by atoms with Crippen LogP contribution in [0.5, 0.6) is 0 Å². The zero-order valence-corrected chi connectivity index (χ0v) is 16.3. The molecule has 2 heterocycles. The smallest absolute Gasteiger partial charge is 0.255 e. The molecule has 0 aromatic heterocycles. The van der Waals surface area contributed by atoms with E-state index in [4.69, 9.17) is 0 Å². The summed E-state index contributed by atoms with van der Waals surface area (Å²) in [6.07, 6.45) is 0. The molecule has 0 aliphatic carbocycles. The first-order chi connectivity index (χ1) is 12.9. The maximum Gasteiger partial charge on any atom is 0.255 e. The summed E-state index contributed by atoms with van der Waals surface area (Å²) >= 11 is 1.46. The van der Waals surface area contributed by atoms with Crippen molar-refractivity contribution in [3.8, 4) is 0 Å². The number of anilines is 2.